The number of fused-ring (bicyclic) bond motifs is 1. The van der Waals surface area contributed by atoms with E-state index in [2.05, 4.69) is 0 Å². The number of Topliss-reactive ketones (excluding diaryl/α,β-unsaturated/α-hetero) is 1. The van der Waals surface area contributed by atoms with E-state index in [1.807, 2.05) is 0 Å². The number of aryl methyl sites for hydroxylation is 1. The number of aromatic hydroxyl groups is 1. The normalized spacial score (nSPS) is 10.8. The highest BCUT2D eigenvalue weighted by Gasteiger charge is 2.14. The molecule has 0 saturated heterocycles. The van der Waals surface area contributed by atoms with Crippen molar-refractivity contribution in [3.63, 3.8) is 0 Å². The van der Waals surface area contributed by atoms with Crippen LogP contribution in [0.2, 0.25) is 0 Å². The van der Waals surface area contributed by atoms with Gasteiger partial charge in [-0.2, -0.15) is 0 Å². The van der Waals surface area contributed by atoms with Gasteiger partial charge in [-0.3, -0.25) is 4.79 Å². The van der Waals surface area contributed by atoms with E-state index in [1.54, 1.807) is 32.0 Å². The van der Waals surface area contributed by atoms with Gasteiger partial charge >= 0.3 is 0 Å². The summed E-state index contributed by atoms with van der Waals surface area (Å²) in [6.07, 6.45) is 0.385. The van der Waals surface area contributed by atoms with Gasteiger partial charge in [0.2, 0.25) is 0 Å². The first-order valence-electron chi connectivity index (χ1n) is 4.88. The Hall–Kier alpha value is -1.77. The highest BCUT2D eigenvalue weighted by atomic mass is 16.3. The van der Waals surface area contributed by atoms with Crippen molar-refractivity contribution in [3.05, 3.63) is 29.5 Å². The van der Waals surface area contributed by atoms with E-state index in [0.29, 0.717) is 23.0 Å². The Balaban J connectivity index is 2.69. The van der Waals surface area contributed by atoms with Crippen LogP contribution in [-0.2, 0) is 0 Å². The minimum absolute atomic E-state index is 0.0243. The van der Waals surface area contributed by atoms with E-state index in [0.717, 1.165) is 5.76 Å². The van der Waals surface area contributed by atoms with Crippen LogP contribution in [-0.4, -0.2) is 10.9 Å². The maximum Gasteiger partial charge on any atom is 0.166 e. The topological polar surface area (TPSA) is 50.4 Å². The van der Waals surface area contributed by atoms with Crippen LogP contribution in [0, 0.1) is 6.92 Å². The second kappa shape index (κ2) is 3.42. The summed E-state index contributed by atoms with van der Waals surface area (Å²) in [7, 11) is 0. The van der Waals surface area contributed by atoms with Crippen molar-refractivity contribution in [2.45, 2.75) is 20.3 Å². The number of carbonyl (C=O) groups is 1. The lowest BCUT2D eigenvalue weighted by Gasteiger charge is -2.01. The summed E-state index contributed by atoms with van der Waals surface area (Å²) >= 11 is 0. The lowest BCUT2D eigenvalue weighted by molar-refractivity contribution is 0.0986. The summed E-state index contributed by atoms with van der Waals surface area (Å²) in [5, 5.41) is 10.5. The third-order valence-electron chi connectivity index (χ3n) is 2.42. The van der Waals surface area contributed by atoms with Gasteiger partial charge in [-0.15, -0.1) is 0 Å². The zero-order valence-corrected chi connectivity index (χ0v) is 8.70. The molecule has 0 spiro atoms. The molecule has 1 N–H and O–H groups in total. The molecule has 3 heteroatoms. The van der Waals surface area contributed by atoms with Gasteiger partial charge in [0.1, 0.15) is 17.1 Å². The first-order valence-corrected chi connectivity index (χ1v) is 4.88. The Kier molecular flexibility index (Phi) is 2.23. The molecule has 3 nitrogen and oxygen atoms in total. The molecule has 1 aromatic heterocycles. The van der Waals surface area contributed by atoms with E-state index in [9.17, 15) is 9.90 Å². The minimum Gasteiger partial charge on any atom is -0.506 e. The smallest absolute Gasteiger partial charge is 0.166 e. The predicted molar refractivity (Wildman–Crippen MR) is 57.2 cm³/mol. The van der Waals surface area contributed by atoms with Gasteiger partial charge in [-0.05, 0) is 25.1 Å². The maximum absolute atomic E-state index is 11.5. The van der Waals surface area contributed by atoms with Crippen molar-refractivity contribution >= 4 is 16.8 Å². The zero-order chi connectivity index (χ0) is 11.0. The van der Waals surface area contributed by atoms with Crippen LogP contribution < -0.4 is 0 Å². The molecule has 2 aromatic rings. The van der Waals surface area contributed by atoms with Gasteiger partial charge in [0.15, 0.2) is 5.78 Å². The molecule has 0 bridgehead atoms. The number of carbonyl (C=O) groups excluding carboxylic acids is 1. The zero-order valence-electron chi connectivity index (χ0n) is 8.70. The van der Waals surface area contributed by atoms with E-state index < -0.39 is 0 Å². The fourth-order valence-electron chi connectivity index (χ4n) is 1.64. The molecule has 1 aromatic carbocycles. The SMILES string of the molecule is CCC(=O)c1ccc2oc(C)cc2c1O. The Morgan fingerprint density at radius 1 is 1.47 bits per heavy atom. The summed E-state index contributed by atoms with van der Waals surface area (Å²) < 4.78 is 5.35. The van der Waals surface area contributed by atoms with Crippen LogP contribution in [0.5, 0.6) is 5.75 Å². The summed E-state index contributed by atoms with van der Waals surface area (Å²) in [6, 6.07) is 5.05. The number of rotatable bonds is 2. The molecule has 0 radical (unpaired) electrons. The molecule has 0 amide bonds. The monoisotopic (exact) mass is 204 g/mol. The minimum atomic E-state index is -0.0618. The quantitative estimate of drug-likeness (QED) is 0.765. The third-order valence-corrected chi connectivity index (χ3v) is 2.42. The fraction of sp³-hybridized carbons (Fsp3) is 0.250. The number of benzene rings is 1. The van der Waals surface area contributed by atoms with Gasteiger partial charge in [-0.1, -0.05) is 6.92 Å². The van der Waals surface area contributed by atoms with Crippen molar-refractivity contribution in [3.8, 4) is 5.75 Å². The lowest BCUT2D eigenvalue weighted by Crippen LogP contribution is -1.96. The predicted octanol–water partition coefficient (Wildman–Crippen LogP) is 3.04. The number of hydrogen-bond acceptors (Lipinski definition) is 3. The number of phenolic OH excluding ortho intramolecular Hbond substituents is 1. The molecule has 0 aliphatic rings. The molecular weight excluding hydrogens is 192 g/mol. The average molecular weight is 204 g/mol. The number of phenols is 1. The first kappa shape index (κ1) is 9.77. The molecule has 2 rings (SSSR count). The number of furan rings is 1. The van der Waals surface area contributed by atoms with Gasteiger partial charge in [0.05, 0.1) is 10.9 Å². The Labute approximate surface area is 87.3 Å². The summed E-state index contributed by atoms with van der Waals surface area (Å²) in [4.78, 5) is 11.5. The van der Waals surface area contributed by atoms with Crippen LogP contribution >= 0.6 is 0 Å². The van der Waals surface area contributed by atoms with E-state index >= 15 is 0 Å². The van der Waals surface area contributed by atoms with E-state index in [1.165, 1.54) is 0 Å². The van der Waals surface area contributed by atoms with Crippen molar-refractivity contribution in [2.75, 3.05) is 0 Å². The first-order chi connectivity index (χ1) is 7.13. The van der Waals surface area contributed by atoms with Gasteiger partial charge in [-0.25, -0.2) is 0 Å². The van der Waals surface area contributed by atoms with E-state index in [-0.39, 0.29) is 11.5 Å². The molecule has 1 heterocycles. The maximum atomic E-state index is 11.5. The van der Waals surface area contributed by atoms with Crippen LogP contribution in [0.4, 0.5) is 0 Å². The Morgan fingerprint density at radius 3 is 2.87 bits per heavy atom. The molecule has 0 aliphatic heterocycles. The molecule has 0 aliphatic carbocycles. The highest BCUT2D eigenvalue weighted by molar-refractivity contribution is 6.03. The molecule has 0 saturated carbocycles. The Bertz CT molecular complexity index is 523. The van der Waals surface area contributed by atoms with Crippen LogP contribution in [0.1, 0.15) is 29.5 Å². The fourth-order valence-corrected chi connectivity index (χ4v) is 1.64. The second-order valence-electron chi connectivity index (χ2n) is 3.51. The number of hydrogen-bond donors (Lipinski definition) is 1. The number of ketones is 1. The van der Waals surface area contributed by atoms with Gasteiger partial charge < -0.3 is 9.52 Å². The standard InChI is InChI=1S/C12H12O3/c1-3-10(13)8-4-5-11-9(12(8)14)6-7(2)15-11/h4-6,14H,3H2,1-2H3. The van der Waals surface area contributed by atoms with Gasteiger partial charge in [0, 0.05) is 6.42 Å². The van der Waals surface area contributed by atoms with Crippen LogP contribution in [0.3, 0.4) is 0 Å². The Morgan fingerprint density at radius 2 is 2.20 bits per heavy atom. The molecular formula is C12H12O3. The summed E-state index contributed by atoms with van der Waals surface area (Å²) in [6.45, 7) is 3.58. The molecule has 0 unspecified atom stereocenters. The third kappa shape index (κ3) is 1.50. The van der Waals surface area contributed by atoms with Crippen molar-refractivity contribution in [1.29, 1.82) is 0 Å². The van der Waals surface area contributed by atoms with Crippen molar-refractivity contribution < 1.29 is 14.3 Å². The average Bonchev–Trinajstić information content (AvgIpc) is 2.59. The largest absolute Gasteiger partial charge is 0.506 e. The summed E-state index contributed by atoms with van der Waals surface area (Å²) in [5.74, 6) is 0.686. The van der Waals surface area contributed by atoms with Crippen molar-refractivity contribution in [2.24, 2.45) is 0 Å². The molecule has 0 atom stereocenters. The highest BCUT2D eigenvalue weighted by Crippen LogP contribution is 2.31. The summed E-state index contributed by atoms with van der Waals surface area (Å²) in [5.41, 5.74) is 0.975. The second-order valence-corrected chi connectivity index (χ2v) is 3.51. The lowest BCUT2D eigenvalue weighted by atomic mass is 10.1. The van der Waals surface area contributed by atoms with Crippen LogP contribution in [0.25, 0.3) is 11.0 Å². The van der Waals surface area contributed by atoms with E-state index in [4.69, 9.17) is 4.42 Å². The molecule has 15 heavy (non-hydrogen) atoms. The van der Waals surface area contributed by atoms with Crippen LogP contribution in [0.15, 0.2) is 22.6 Å². The molecule has 78 valence electrons. The van der Waals surface area contributed by atoms with Gasteiger partial charge in [0.25, 0.3) is 0 Å². The molecule has 0 fully saturated rings. The van der Waals surface area contributed by atoms with Crippen molar-refractivity contribution in [1.82, 2.24) is 0 Å².